The SMILES string of the molecule is COc1c(B(O)O)c(=O)n(C)c2ccccc12. The quantitative estimate of drug-likeness (QED) is 0.668. The monoisotopic (exact) mass is 233 g/mol. The van der Waals surface area contributed by atoms with E-state index in [0.717, 1.165) is 0 Å². The first-order chi connectivity index (χ1) is 8.07. The van der Waals surface area contributed by atoms with Crippen LogP contribution in [0.3, 0.4) is 0 Å². The Hall–Kier alpha value is -1.79. The molecule has 0 unspecified atom stereocenters. The molecule has 0 radical (unpaired) electrons. The van der Waals surface area contributed by atoms with Gasteiger partial charge in [0, 0.05) is 12.4 Å². The Morgan fingerprint density at radius 3 is 2.53 bits per heavy atom. The van der Waals surface area contributed by atoms with Crippen molar-refractivity contribution in [3.8, 4) is 5.75 Å². The normalized spacial score (nSPS) is 10.6. The zero-order chi connectivity index (χ0) is 12.6. The number of benzene rings is 1. The van der Waals surface area contributed by atoms with Crippen molar-refractivity contribution in [3.05, 3.63) is 34.6 Å². The maximum Gasteiger partial charge on any atom is 0.498 e. The Balaban J connectivity index is 3.01. The molecule has 0 aliphatic rings. The van der Waals surface area contributed by atoms with Crippen molar-refractivity contribution in [3.63, 3.8) is 0 Å². The first kappa shape index (κ1) is 11.7. The Morgan fingerprint density at radius 2 is 1.94 bits per heavy atom. The lowest BCUT2D eigenvalue weighted by Gasteiger charge is -2.13. The van der Waals surface area contributed by atoms with Crippen molar-refractivity contribution in [2.75, 3.05) is 7.11 Å². The molecule has 0 saturated carbocycles. The summed E-state index contributed by atoms with van der Waals surface area (Å²) in [6, 6.07) is 7.13. The van der Waals surface area contributed by atoms with Gasteiger partial charge in [-0.2, -0.15) is 0 Å². The number of aryl methyl sites for hydroxylation is 1. The summed E-state index contributed by atoms with van der Waals surface area (Å²) >= 11 is 0. The average molecular weight is 233 g/mol. The van der Waals surface area contributed by atoms with Gasteiger partial charge in [-0.25, -0.2) is 0 Å². The Bertz CT molecular complexity index is 621. The van der Waals surface area contributed by atoms with Gasteiger partial charge < -0.3 is 19.4 Å². The molecule has 1 aromatic heterocycles. The molecule has 5 nitrogen and oxygen atoms in total. The highest BCUT2D eigenvalue weighted by Crippen LogP contribution is 2.21. The second-order valence-electron chi connectivity index (χ2n) is 3.70. The third kappa shape index (κ3) is 1.71. The van der Waals surface area contributed by atoms with Crippen LogP contribution in [0.5, 0.6) is 5.75 Å². The van der Waals surface area contributed by atoms with Gasteiger partial charge in [0.25, 0.3) is 5.56 Å². The van der Waals surface area contributed by atoms with Crippen molar-refractivity contribution >= 4 is 23.5 Å². The van der Waals surface area contributed by atoms with Gasteiger partial charge in [-0.1, -0.05) is 12.1 Å². The van der Waals surface area contributed by atoms with Gasteiger partial charge in [0.15, 0.2) is 0 Å². The molecule has 2 aromatic rings. The summed E-state index contributed by atoms with van der Waals surface area (Å²) in [5, 5.41) is 19.2. The molecule has 0 aliphatic carbocycles. The second kappa shape index (κ2) is 4.23. The van der Waals surface area contributed by atoms with E-state index in [0.29, 0.717) is 10.9 Å². The molecule has 0 saturated heterocycles. The van der Waals surface area contributed by atoms with E-state index in [4.69, 9.17) is 4.74 Å². The zero-order valence-corrected chi connectivity index (χ0v) is 9.54. The average Bonchev–Trinajstić information content (AvgIpc) is 2.33. The summed E-state index contributed by atoms with van der Waals surface area (Å²) in [6.07, 6.45) is 0. The molecule has 1 aromatic carbocycles. The van der Waals surface area contributed by atoms with Gasteiger partial charge >= 0.3 is 7.12 Å². The molecule has 0 fully saturated rings. The Kier molecular flexibility index (Phi) is 2.91. The van der Waals surface area contributed by atoms with Crippen LogP contribution in [0.2, 0.25) is 0 Å². The minimum Gasteiger partial charge on any atom is -0.496 e. The number of fused-ring (bicyclic) bond motifs is 1. The van der Waals surface area contributed by atoms with E-state index in [1.165, 1.54) is 11.7 Å². The lowest BCUT2D eigenvalue weighted by molar-refractivity contribution is 0.404. The summed E-state index contributed by atoms with van der Waals surface area (Å²) in [5.41, 5.74) is 0.0583. The fraction of sp³-hybridized carbons (Fsp3) is 0.182. The second-order valence-corrected chi connectivity index (χ2v) is 3.70. The smallest absolute Gasteiger partial charge is 0.496 e. The van der Waals surface area contributed by atoms with Crippen LogP contribution >= 0.6 is 0 Å². The third-order valence-corrected chi connectivity index (χ3v) is 2.75. The lowest BCUT2D eigenvalue weighted by atomic mass is 9.79. The topological polar surface area (TPSA) is 71.7 Å². The third-order valence-electron chi connectivity index (χ3n) is 2.75. The summed E-state index contributed by atoms with van der Waals surface area (Å²) in [6.45, 7) is 0. The number of methoxy groups -OCH3 is 1. The van der Waals surface area contributed by atoms with Crippen LogP contribution in [0.4, 0.5) is 0 Å². The van der Waals surface area contributed by atoms with Crippen molar-refractivity contribution in [2.45, 2.75) is 0 Å². The van der Waals surface area contributed by atoms with E-state index in [-0.39, 0.29) is 11.2 Å². The first-order valence-electron chi connectivity index (χ1n) is 5.09. The lowest BCUT2D eigenvalue weighted by Crippen LogP contribution is -2.46. The molecule has 0 spiro atoms. The number of nitrogens with zero attached hydrogens (tertiary/aromatic N) is 1. The highest BCUT2D eigenvalue weighted by Gasteiger charge is 2.25. The highest BCUT2D eigenvalue weighted by molar-refractivity contribution is 6.60. The van der Waals surface area contributed by atoms with Crippen molar-refractivity contribution < 1.29 is 14.8 Å². The van der Waals surface area contributed by atoms with E-state index in [1.54, 1.807) is 31.3 Å². The maximum atomic E-state index is 12.0. The van der Waals surface area contributed by atoms with Crippen LogP contribution in [0.25, 0.3) is 10.9 Å². The minimum absolute atomic E-state index is 0.145. The Labute approximate surface area is 98.0 Å². The van der Waals surface area contributed by atoms with Crippen LogP contribution in [0.1, 0.15) is 0 Å². The van der Waals surface area contributed by atoms with Crippen LogP contribution in [0, 0.1) is 0 Å². The van der Waals surface area contributed by atoms with Gasteiger partial charge in [0.05, 0.1) is 18.1 Å². The molecule has 1 heterocycles. The number of ether oxygens (including phenoxy) is 1. The van der Waals surface area contributed by atoms with E-state index in [2.05, 4.69) is 0 Å². The molecule has 6 heteroatoms. The summed E-state index contributed by atoms with van der Waals surface area (Å²) in [5.74, 6) is 0.207. The number of hydrogen-bond donors (Lipinski definition) is 2. The molecular weight excluding hydrogens is 221 g/mol. The first-order valence-corrected chi connectivity index (χ1v) is 5.09. The number of aromatic nitrogens is 1. The van der Waals surface area contributed by atoms with Crippen molar-refractivity contribution in [1.82, 2.24) is 4.57 Å². The van der Waals surface area contributed by atoms with E-state index < -0.39 is 12.7 Å². The molecule has 0 aliphatic heterocycles. The van der Waals surface area contributed by atoms with Gasteiger partial charge in [-0.05, 0) is 12.1 Å². The van der Waals surface area contributed by atoms with Crippen LogP contribution in [0.15, 0.2) is 29.1 Å². The molecule has 0 amide bonds. The van der Waals surface area contributed by atoms with Crippen molar-refractivity contribution in [1.29, 1.82) is 0 Å². The molecule has 2 N–H and O–H groups in total. The van der Waals surface area contributed by atoms with Gasteiger partial charge in [-0.3, -0.25) is 4.79 Å². The maximum absolute atomic E-state index is 12.0. The van der Waals surface area contributed by atoms with Gasteiger partial charge in [0.1, 0.15) is 5.75 Å². The summed E-state index contributed by atoms with van der Waals surface area (Å²) < 4.78 is 6.49. The van der Waals surface area contributed by atoms with E-state index in [9.17, 15) is 14.8 Å². The standard InChI is InChI=1S/C11H12BNO4/c1-13-8-6-4-3-5-7(8)10(17-2)9(11(13)14)12(15)16/h3-6,15-16H,1-2H3. The summed E-state index contributed by atoms with van der Waals surface area (Å²) in [4.78, 5) is 12.0. The van der Waals surface area contributed by atoms with Crippen molar-refractivity contribution in [2.24, 2.45) is 7.05 Å². The van der Waals surface area contributed by atoms with Crippen LogP contribution in [-0.4, -0.2) is 28.8 Å². The molecule has 2 rings (SSSR count). The number of para-hydroxylation sites is 1. The fourth-order valence-corrected chi connectivity index (χ4v) is 1.94. The van der Waals surface area contributed by atoms with E-state index >= 15 is 0 Å². The predicted octanol–water partition coefficient (Wildman–Crippen LogP) is -0.773. The molecule has 0 bridgehead atoms. The zero-order valence-electron chi connectivity index (χ0n) is 9.54. The minimum atomic E-state index is -1.85. The van der Waals surface area contributed by atoms with Gasteiger partial charge in [-0.15, -0.1) is 0 Å². The van der Waals surface area contributed by atoms with Gasteiger partial charge in [0.2, 0.25) is 0 Å². The van der Waals surface area contributed by atoms with Crippen LogP contribution in [-0.2, 0) is 7.05 Å². The molecule has 88 valence electrons. The molecule has 0 atom stereocenters. The number of pyridine rings is 1. The van der Waals surface area contributed by atoms with E-state index in [1.807, 2.05) is 0 Å². The molecular formula is C11H12BNO4. The Morgan fingerprint density at radius 1 is 1.29 bits per heavy atom. The fourth-order valence-electron chi connectivity index (χ4n) is 1.94. The predicted molar refractivity (Wildman–Crippen MR) is 65.6 cm³/mol. The highest BCUT2D eigenvalue weighted by atomic mass is 16.5. The molecule has 17 heavy (non-hydrogen) atoms. The summed E-state index contributed by atoms with van der Waals surface area (Å²) in [7, 11) is 1.12. The number of hydrogen-bond acceptors (Lipinski definition) is 4. The number of rotatable bonds is 2. The largest absolute Gasteiger partial charge is 0.498 e. The van der Waals surface area contributed by atoms with Crippen LogP contribution < -0.4 is 15.8 Å².